The number of para-hydroxylation sites is 1. The number of carbonyl (C=O) groups is 3. The maximum absolute atomic E-state index is 13.5. The van der Waals surface area contributed by atoms with Gasteiger partial charge in [0, 0.05) is 41.8 Å². The standard InChI is InChI=1S/C26H27N5O5/c1-35-23(32)22(11-18-13-29-21-10-6-5-9-20(18)21)31-24(33)26(27,12-19-14-28-16-30-19)25(34)36-15-17-7-3-2-4-8-17/h2-10,13-14,16,22,29H,11-12,15,27H2,1H3,(H,28,30)(H,31,33)/t22-,26+/m1/s1. The zero-order valence-electron chi connectivity index (χ0n) is 19.7. The Labute approximate surface area is 207 Å². The lowest BCUT2D eigenvalue weighted by atomic mass is 9.92. The van der Waals surface area contributed by atoms with Crippen LogP contribution < -0.4 is 11.1 Å². The molecule has 2 heterocycles. The van der Waals surface area contributed by atoms with E-state index in [0.717, 1.165) is 22.0 Å². The lowest BCUT2D eigenvalue weighted by Crippen LogP contribution is -2.64. The highest BCUT2D eigenvalue weighted by molar-refractivity contribution is 6.08. The minimum Gasteiger partial charge on any atom is -0.467 e. The molecule has 0 aliphatic heterocycles. The number of benzene rings is 2. The number of carbonyl (C=O) groups excluding carboxylic acids is 3. The number of amides is 1. The van der Waals surface area contributed by atoms with E-state index in [1.54, 1.807) is 18.3 Å². The molecule has 10 nitrogen and oxygen atoms in total. The summed E-state index contributed by atoms with van der Waals surface area (Å²) in [5, 5.41) is 3.52. The molecular formula is C26H27N5O5. The summed E-state index contributed by atoms with van der Waals surface area (Å²) >= 11 is 0. The van der Waals surface area contributed by atoms with Gasteiger partial charge in [-0.05, 0) is 17.2 Å². The number of methoxy groups -OCH3 is 1. The van der Waals surface area contributed by atoms with Crippen molar-refractivity contribution in [3.05, 3.63) is 90.1 Å². The fourth-order valence-corrected chi connectivity index (χ4v) is 3.92. The smallest absolute Gasteiger partial charge is 0.336 e. The van der Waals surface area contributed by atoms with E-state index in [-0.39, 0.29) is 19.4 Å². The fraction of sp³-hybridized carbons (Fsp3) is 0.231. The number of rotatable bonds is 10. The Hall–Kier alpha value is -4.44. The molecule has 0 unspecified atom stereocenters. The number of hydrogen-bond donors (Lipinski definition) is 4. The number of fused-ring (bicyclic) bond motifs is 1. The van der Waals surface area contributed by atoms with Crippen LogP contribution in [0.4, 0.5) is 0 Å². The summed E-state index contributed by atoms with van der Waals surface area (Å²) in [5.74, 6) is -2.48. The van der Waals surface area contributed by atoms with Crippen LogP contribution in [0.1, 0.15) is 16.8 Å². The first-order valence-electron chi connectivity index (χ1n) is 11.3. The number of hydrogen-bond acceptors (Lipinski definition) is 7. The SMILES string of the molecule is COC(=O)[C@@H](Cc1c[nH]c2ccccc12)NC(=O)[C@@](N)(Cc1cnc[nH]1)C(=O)OCc1ccccc1. The molecule has 0 fully saturated rings. The molecule has 0 aliphatic rings. The van der Waals surface area contributed by atoms with Crippen LogP contribution in [0.2, 0.25) is 0 Å². The molecule has 1 amide bonds. The van der Waals surface area contributed by atoms with Gasteiger partial charge in [0.05, 0.1) is 13.4 Å². The molecule has 2 atom stereocenters. The van der Waals surface area contributed by atoms with E-state index in [1.165, 1.54) is 19.6 Å². The molecule has 0 spiro atoms. The van der Waals surface area contributed by atoms with E-state index in [0.29, 0.717) is 5.69 Å². The molecule has 36 heavy (non-hydrogen) atoms. The van der Waals surface area contributed by atoms with Crippen LogP contribution in [0.15, 0.2) is 73.3 Å². The third-order valence-electron chi connectivity index (χ3n) is 5.90. The highest BCUT2D eigenvalue weighted by Crippen LogP contribution is 2.20. The molecule has 10 heteroatoms. The molecular weight excluding hydrogens is 462 g/mol. The Balaban J connectivity index is 1.56. The van der Waals surface area contributed by atoms with Crippen molar-refractivity contribution in [2.24, 2.45) is 5.73 Å². The van der Waals surface area contributed by atoms with E-state index >= 15 is 0 Å². The monoisotopic (exact) mass is 489 g/mol. The van der Waals surface area contributed by atoms with Crippen LogP contribution in [0.25, 0.3) is 10.9 Å². The molecule has 4 aromatic rings. The first kappa shape index (κ1) is 24.7. The summed E-state index contributed by atoms with van der Waals surface area (Å²) in [6.07, 6.45) is 4.55. The third-order valence-corrected chi connectivity index (χ3v) is 5.90. The largest absolute Gasteiger partial charge is 0.467 e. The van der Waals surface area contributed by atoms with Crippen molar-refractivity contribution < 1.29 is 23.9 Å². The minimum atomic E-state index is -2.13. The van der Waals surface area contributed by atoms with Gasteiger partial charge in [0.25, 0.3) is 5.91 Å². The van der Waals surface area contributed by atoms with Crippen molar-refractivity contribution in [2.75, 3.05) is 7.11 Å². The number of ether oxygens (including phenoxy) is 2. The fourth-order valence-electron chi connectivity index (χ4n) is 3.92. The Kier molecular flexibility index (Phi) is 7.45. The summed E-state index contributed by atoms with van der Waals surface area (Å²) < 4.78 is 10.3. The number of esters is 2. The summed E-state index contributed by atoms with van der Waals surface area (Å²) in [4.78, 5) is 49.2. The third kappa shape index (κ3) is 5.44. The lowest BCUT2D eigenvalue weighted by Gasteiger charge is -2.28. The number of imidazole rings is 1. The summed E-state index contributed by atoms with van der Waals surface area (Å²) in [6, 6.07) is 15.5. The van der Waals surface area contributed by atoms with Crippen LogP contribution in [-0.4, -0.2) is 51.5 Å². The normalized spacial score (nSPS) is 13.5. The Morgan fingerprint density at radius 1 is 1.08 bits per heavy atom. The van der Waals surface area contributed by atoms with Gasteiger partial charge in [-0.3, -0.25) is 4.79 Å². The molecule has 0 bridgehead atoms. The van der Waals surface area contributed by atoms with Gasteiger partial charge in [0.2, 0.25) is 0 Å². The molecule has 5 N–H and O–H groups in total. The summed E-state index contributed by atoms with van der Waals surface area (Å²) in [7, 11) is 1.23. The van der Waals surface area contributed by atoms with Gasteiger partial charge in [-0.1, -0.05) is 48.5 Å². The van der Waals surface area contributed by atoms with Gasteiger partial charge in [-0.25, -0.2) is 14.6 Å². The van der Waals surface area contributed by atoms with Gasteiger partial charge in [-0.15, -0.1) is 0 Å². The maximum Gasteiger partial charge on any atom is 0.336 e. The second-order valence-electron chi connectivity index (χ2n) is 8.40. The number of nitrogens with two attached hydrogens (primary N) is 1. The van der Waals surface area contributed by atoms with Crippen molar-refractivity contribution >= 4 is 28.7 Å². The predicted octanol–water partition coefficient (Wildman–Crippen LogP) is 1.77. The van der Waals surface area contributed by atoms with Crippen molar-refractivity contribution in [3.63, 3.8) is 0 Å². The molecule has 2 aromatic carbocycles. The maximum atomic E-state index is 13.5. The zero-order valence-corrected chi connectivity index (χ0v) is 19.7. The van der Waals surface area contributed by atoms with Gasteiger partial charge in [0.1, 0.15) is 12.6 Å². The van der Waals surface area contributed by atoms with Gasteiger partial charge in [-0.2, -0.15) is 0 Å². The van der Waals surface area contributed by atoms with Crippen LogP contribution in [-0.2, 0) is 43.3 Å². The summed E-state index contributed by atoms with van der Waals surface area (Å²) in [5.41, 5.74) is 7.15. The molecule has 4 rings (SSSR count). The van der Waals surface area contributed by atoms with E-state index < -0.39 is 29.4 Å². The molecule has 0 saturated heterocycles. The van der Waals surface area contributed by atoms with Gasteiger partial charge < -0.3 is 30.5 Å². The Bertz CT molecular complexity index is 1340. The molecule has 2 aromatic heterocycles. The number of aromatic amines is 2. The van der Waals surface area contributed by atoms with Crippen molar-refractivity contribution in [1.29, 1.82) is 0 Å². The quantitative estimate of drug-likeness (QED) is 0.196. The lowest BCUT2D eigenvalue weighted by molar-refractivity contribution is -0.157. The molecule has 0 aliphatic carbocycles. The van der Waals surface area contributed by atoms with Crippen LogP contribution in [0, 0.1) is 0 Å². The van der Waals surface area contributed by atoms with E-state index in [9.17, 15) is 14.4 Å². The summed E-state index contributed by atoms with van der Waals surface area (Å²) in [6.45, 7) is -0.0648. The second-order valence-corrected chi connectivity index (χ2v) is 8.40. The van der Waals surface area contributed by atoms with E-state index in [2.05, 4.69) is 20.3 Å². The average molecular weight is 490 g/mol. The average Bonchev–Trinajstić information content (AvgIpc) is 3.56. The first-order chi connectivity index (χ1) is 17.4. The van der Waals surface area contributed by atoms with Crippen molar-refractivity contribution in [1.82, 2.24) is 20.3 Å². The van der Waals surface area contributed by atoms with Gasteiger partial charge >= 0.3 is 11.9 Å². The highest BCUT2D eigenvalue weighted by atomic mass is 16.5. The molecule has 186 valence electrons. The number of H-pyrrole nitrogens is 2. The van der Waals surface area contributed by atoms with Crippen LogP contribution in [0.3, 0.4) is 0 Å². The van der Waals surface area contributed by atoms with E-state index in [4.69, 9.17) is 15.2 Å². The van der Waals surface area contributed by atoms with Crippen molar-refractivity contribution in [3.8, 4) is 0 Å². The number of aromatic nitrogens is 3. The van der Waals surface area contributed by atoms with E-state index in [1.807, 2.05) is 42.5 Å². The molecule has 0 saturated carbocycles. The number of nitrogens with zero attached hydrogens (tertiary/aromatic N) is 1. The van der Waals surface area contributed by atoms with Crippen LogP contribution in [0.5, 0.6) is 0 Å². The van der Waals surface area contributed by atoms with Crippen LogP contribution >= 0.6 is 0 Å². The zero-order chi connectivity index (χ0) is 25.5. The van der Waals surface area contributed by atoms with Gasteiger partial charge in [0.15, 0.2) is 5.54 Å². The van der Waals surface area contributed by atoms with Crippen molar-refractivity contribution in [2.45, 2.75) is 31.0 Å². The highest BCUT2D eigenvalue weighted by Gasteiger charge is 2.46. The first-order valence-corrected chi connectivity index (χ1v) is 11.3. The Morgan fingerprint density at radius 2 is 1.83 bits per heavy atom. The molecule has 0 radical (unpaired) electrons. The number of nitrogens with one attached hydrogen (secondary N) is 3. The minimum absolute atomic E-state index is 0.0648. The second kappa shape index (κ2) is 10.9. The Morgan fingerprint density at radius 3 is 2.56 bits per heavy atom. The predicted molar refractivity (Wildman–Crippen MR) is 131 cm³/mol. The topological polar surface area (TPSA) is 152 Å².